The van der Waals surface area contributed by atoms with Crippen LogP contribution in [-0.2, 0) is 17.7 Å². The number of pyridine rings is 1. The Kier molecular flexibility index (Phi) is 6.27. The third-order valence-corrected chi connectivity index (χ3v) is 3.27. The van der Waals surface area contributed by atoms with Crippen molar-refractivity contribution in [1.82, 2.24) is 10.3 Å². The molecule has 1 aliphatic rings. The predicted octanol–water partition coefficient (Wildman–Crippen LogP) is 2.70. The van der Waals surface area contributed by atoms with E-state index in [-0.39, 0.29) is 0 Å². The second-order valence-electron chi connectivity index (χ2n) is 5.26. The SMILES string of the molecule is CCCc1cc(CNC2CC2)cc(OCCOCC)n1. The van der Waals surface area contributed by atoms with Gasteiger partial charge in [-0.25, -0.2) is 4.98 Å². The van der Waals surface area contributed by atoms with E-state index in [2.05, 4.69) is 23.3 Å². The van der Waals surface area contributed by atoms with Crippen molar-refractivity contribution in [1.29, 1.82) is 0 Å². The zero-order valence-electron chi connectivity index (χ0n) is 12.7. The van der Waals surface area contributed by atoms with E-state index in [1.807, 2.05) is 13.0 Å². The molecule has 0 atom stereocenters. The summed E-state index contributed by atoms with van der Waals surface area (Å²) in [4.78, 5) is 4.56. The average molecular weight is 278 g/mol. The van der Waals surface area contributed by atoms with Gasteiger partial charge in [0.2, 0.25) is 5.88 Å². The predicted molar refractivity (Wildman–Crippen MR) is 80.1 cm³/mol. The molecule has 0 bridgehead atoms. The molecule has 1 aromatic heterocycles. The first-order valence-electron chi connectivity index (χ1n) is 7.75. The van der Waals surface area contributed by atoms with Crippen LogP contribution in [0.4, 0.5) is 0 Å². The zero-order valence-corrected chi connectivity index (χ0v) is 12.7. The van der Waals surface area contributed by atoms with Gasteiger partial charge in [0.25, 0.3) is 0 Å². The van der Waals surface area contributed by atoms with E-state index < -0.39 is 0 Å². The summed E-state index contributed by atoms with van der Waals surface area (Å²) in [6.07, 6.45) is 4.72. The Morgan fingerprint density at radius 2 is 2.10 bits per heavy atom. The molecule has 1 aromatic rings. The van der Waals surface area contributed by atoms with E-state index in [1.165, 1.54) is 18.4 Å². The molecule has 0 saturated heterocycles. The minimum atomic E-state index is 0.561. The third-order valence-electron chi connectivity index (χ3n) is 3.27. The molecule has 4 nitrogen and oxygen atoms in total. The van der Waals surface area contributed by atoms with E-state index in [0.29, 0.717) is 13.2 Å². The van der Waals surface area contributed by atoms with Crippen molar-refractivity contribution in [3.05, 3.63) is 23.4 Å². The largest absolute Gasteiger partial charge is 0.475 e. The van der Waals surface area contributed by atoms with Crippen LogP contribution in [0.2, 0.25) is 0 Å². The Hall–Kier alpha value is -1.13. The minimum absolute atomic E-state index is 0.561. The summed E-state index contributed by atoms with van der Waals surface area (Å²) >= 11 is 0. The quantitative estimate of drug-likeness (QED) is 0.668. The summed E-state index contributed by atoms with van der Waals surface area (Å²) < 4.78 is 11.0. The van der Waals surface area contributed by atoms with E-state index in [4.69, 9.17) is 9.47 Å². The maximum atomic E-state index is 5.69. The lowest BCUT2D eigenvalue weighted by Gasteiger charge is -2.10. The summed E-state index contributed by atoms with van der Waals surface area (Å²) in [5, 5.41) is 3.54. The molecule has 2 rings (SSSR count). The van der Waals surface area contributed by atoms with Crippen LogP contribution in [0.1, 0.15) is 44.4 Å². The van der Waals surface area contributed by atoms with E-state index in [1.54, 1.807) is 0 Å². The summed E-state index contributed by atoms with van der Waals surface area (Å²) in [7, 11) is 0. The molecule has 1 N–H and O–H groups in total. The Morgan fingerprint density at radius 1 is 1.25 bits per heavy atom. The van der Waals surface area contributed by atoms with Crippen molar-refractivity contribution < 1.29 is 9.47 Å². The van der Waals surface area contributed by atoms with E-state index in [0.717, 1.165) is 43.6 Å². The van der Waals surface area contributed by atoms with Crippen molar-refractivity contribution >= 4 is 0 Å². The molecule has 0 aliphatic heterocycles. The van der Waals surface area contributed by atoms with Crippen LogP contribution in [0.3, 0.4) is 0 Å². The number of nitrogens with one attached hydrogen (secondary N) is 1. The highest BCUT2D eigenvalue weighted by molar-refractivity contribution is 5.25. The van der Waals surface area contributed by atoms with Crippen molar-refractivity contribution in [3.8, 4) is 5.88 Å². The molecule has 4 heteroatoms. The monoisotopic (exact) mass is 278 g/mol. The van der Waals surface area contributed by atoms with E-state index in [9.17, 15) is 0 Å². The lowest BCUT2D eigenvalue weighted by Crippen LogP contribution is -2.16. The second-order valence-corrected chi connectivity index (χ2v) is 5.26. The van der Waals surface area contributed by atoms with Gasteiger partial charge in [0.15, 0.2) is 0 Å². The molecule has 0 radical (unpaired) electrons. The normalized spacial score (nSPS) is 14.5. The summed E-state index contributed by atoms with van der Waals surface area (Å²) in [6, 6.07) is 4.95. The van der Waals surface area contributed by atoms with Crippen LogP contribution in [0.25, 0.3) is 0 Å². The summed E-state index contributed by atoms with van der Waals surface area (Å²) in [6.45, 7) is 6.97. The fraction of sp³-hybridized carbons (Fsp3) is 0.688. The first kappa shape index (κ1) is 15.3. The molecule has 1 saturated carbocycles. The molecule has 0 unspecified atom stereocenters. The number of aryl methyl sites for hydroxylation is 1. The zero-order chi connectivity index (χ0) is 14.2. The van der Waals surface area contributed by atoms with Crippen LogP contribution < -0.4 is 10.1 Å². The van der Waals surface area contributed by atoms with Crippen LogP contribution >= 0.6 is 0 Å². The maximum absolute atomic E-state index is 5.69. The van der Waals surface area contributed by atoms with Crippen molar-refractivity contribution in [3.63, 3.8) is 0 Å². The molecular formula is C16H26N2O2. The molecule has 1 aliphatic carbocycles. The fourth-order valence-corrected chi connectivity index (χ4v) is 2.08. The minimum Gasteiger partial charge on any atom is -0.475 e. The molecule has 0 spiro atoms. The highest BCUT2D eigenvalue weighted by Gasteiger charge is 2.20. The lowest BCUT2D eigenvalue weighted by molar-refractivity contribution is 0.108. The van der Waals surface area contributed by atoms with Crippen molar-refractivity contribution in [2.24, 2.45) is 0 Å². The van der Waals surface area contributed by atoms with E-state index >= 15 is 0 Å². The molecule has 1 fully saturated rings. The standard InChI is InChI=1S/C16H26N2O2/c1-3-5-15-10-13(12-17-14-6-7-14)11-16(18-15)20-9-8-19-4-2/h10-11,14,17H,3-9,12H2,1-2H3. The van der Waals surface area contributed by atoms with Gasteiger partial charge in [-0.2, -0.15) is 0 Å². The summed E-state index contributed by atoms with van der Waals surface area (Å²) in [5.74, 6) is 0.725. The van der Waals surface area contributed by atoms with Gasteiger partial charge in [-0.05, 0) is 37.8 Å². The number of nitrogens with zero attached hydrogens (tertiary/aromatic N) is 1. The number of hydrogen-bond acceptors (Lipinski definition) is 4. The highest BCUT2D eigenvalue weighted by Crippen LogP contribution is 2.20. The van der Waals surface area contributed by atoms with Crippen LogP contribution in [0, 0.1) is 0 Å². The Labute approximate surface area is 121 Å². The summed E-state index contributed by atoms with van der Waals surface area (Å²) in [5.41, 5.74) is 2.38. The van der Waals surface area contributed by atoms with Gasteiger partial charge < -0.3 is 14.8 Å². The van der Waals surface area contributed by atoms with Crippen LogP contribution in [0.15, 0.2) is 12.1 Å². The van der Waals surface area contributed by atoms with Crippen LogP contribution in [-0.4, -0.2) is 30.8 Å². The first-order valence-corrected chi connectivity index (χ1v) is 7.75. The van der Waals surface area contributed by atoms with Crippen molar-refractivity contribution in [2.75, 3.05) is 19.8 Å². The third kappa shape index (κ3) is 5.47. The van der Waals surface area contributed by atoms with Gasteiger partial charge in [-0.15, -0.1) is 0 Å². The Morgan fingerprint density at radius 3 is 2.80 bits per heavy atom. The van der Waals surface area contributed by atoms with Crippen molar-refractivity contribution in [2.45, 2.75) is 52.1 Å². The molecule has 1 heterocycles. The topological polar surface area (TPSA) is 43.4 Å². The number of rotatable bonds is 10. The molecule has 112 valence electrons. The van der Waals surface area contributed by atoms with Gasteiger partial charge in [0.1, 0.15) is 6.61 Å². The Balaban J connectivity index is 1.92. The van der Waals surface area contributed by atoms with Gasteiger partial charge in [0.05, 0.1) is 6.61 Å². The molecule has 0 amide bonds. The number of aromatic nitrogens is 1. The van der Waals surface area contributed by atoms with Gasteiger partial charge >= 0.3 is 0 Å². The van der Waals surface area contributed by atoms with Gasteiger partial charge in [-0.3, -0.25) is 0 Å². The maximum Gasteiger partial charge on any atom is 0.213 e. The smallest absolute Gasteiger partial charge is 0.213 e. The van der Waals surface area contributed by atoms with Gasteiger partial charge in [0, 0.05) is 31.0 Å². The Bertz CT molecular complexity index is 405. The molecular weight excluding hydrogens is 252 g/mol. The van der Waals surface area contributed by atoms with Crippen LogP contribution in [0.5, 0.6) is 5.88 Å². The fourth-order valence-electron chi connectivity index (χ4n) is 2.08. The number of ether oxygens (including phenoxy) is 2. The number of hydrogen-bond donors (Lipinski definition) is 1. The second kappa shape index (κ2) is 8.22. The average Bonchev–Trinajstić information content (AvgIpc) is 3.26. The van der Waals surface area contributed by atoms with Gasteiger partial charge in [-0.1, -0.05) is 13.3 Å². The molecule has 0 aromatic carbocycles. The highest BCUT2D eigenvalue weighted by atomic mass is 16.5. The molecule has 20 heavy (non-hydrogen) atoms. The lowest BCUT2D eigenvalue weighted by atomic mass is 10.1. The first-order chi connectivity index (χ1) is 9.81.